The molecule has 0 bridgehead atoms. The Morgan fingerprint density at radius 1 is 1.14 bits per heavy atom. The molecule has 1 unspecified atom stereocenters. The van der Waals surface area contributed by atoms with Crippen LogP contribution in [0, 0.1) is 26.7 Å². The predicted molar refractivity (Wildman–Crippen MR) is 116 cm³/mol. The van der Waals surface area contributed by atoms with Crippen molar-refractivity contribution in [1.82, 2.24) is 5.32 Å². The smallest absolute Gasteiger partial charge is 0.240 e. The molecule has 4 rings (SSSR count). The largest absolute Gasteiger partial charge is 0.350 e. The van der Waals surface area contributed by atoms with Crippen molar-refractivity contribution in [2.45, 2.75) is 46.6 Å². The summed E-state index contributed by atoms with van der Waals surface area (Å²) in [7, 11) is 0. The van der Waals surface area contributed by atoms with Crippen molar-refractivity contribution in [2.75, 3.05) is 11.4 Å². The van der Waals surface area contributed by atoms with Gasteiger partial charge in [0.05, 0.1) is 17.3 Å². The van der Waals surface area contributed by atoms with Crippen LogP contribution in [0.25, 0.3) is 0 Å². The van der Waals surface area contributed by atoms with Gasteiger partial charge in [-0.15, -0.1) is 0 Å². The third-order valence-electron chi connectivity index (χ3n) is 5.95. The first kappa shape index (κ1) is 19.4. The highest BCUT2D eigenvalue weighted by molar-refractivity contribution is 6.16. The van der Waals surface area contributed by atoms with E-state index in [-0.39, 0.29) is 24.3 Å². The lowest BCUT2D eigenvalue weighted by molar-refractivity contribution is -0.124. The monoisotopic (exact) mass is 389 g/mol. The molecule has 0 radical (unpaired) electrons. The van der Waals surface area contributed by atoms with Gasteiger partial charge in [0.2, 0.25) is 11.8 Å². The fourth-order valence-electron chi connectivity index (χ4n) is 4.05. The third kappa shape index (κ3) is 3.95. The summed E-state index contributed by atoms with van der Waals surface area (Å²) in [5, 5.41) is 2.95. The maximum Gasteiger partial charge on any atom is 0.240 e. The summed E-state index contributed by atoms with van der Waals surface area (Å²) in [4.78, 5) is 32.5. The van der Waals surface area contributed by atoms with Crippen LogP contribution in [-0.4, -0.2) is 24.1 Å². The molecule has 1 aliphatic carbocycles. The van der Waals surface area contributed by atoms with E-state index in [0.717, 1.165) is 53.0 Å². The quantitative estimate of drug-likeness (QED) is 0.854. The Labute approximate surface area is 171 Å². The second kappa shape index (κ2) is 7.82. The fraction of sp³-hybridized carbons (Fsp3) is 0.375. The maximum absolute atomic E-state index is 13.3. The van der Waals surface area contributed by atoms with E-state index in [1.807, 2.05) is 57.2 Å². The molecule has 29 heavy (non-hydrogen) atoms. The SMILES string of the molecule is Cc1ccc(CNC(=O)CN2C(=O)C3CCCC3=Nc3cc(C)c(C)cc32)cc1. The van der Waals surface area contributed by atoms with Gasteiger partial charge in [-0.1, -0.05) is 29.8 Å². The molecular formula is C24H27N3O2. The molecule has 2 aliphatic rings. The highest BCUT2D eigenvalue weighted by Crippen LogP contribution is 2.39. The van der Waals surface area contributed by atoms with Gasteiger partial charge in [-0.25, -0.2) is 0 Å². The van der Waals surface area contributed by atoms with Crippen LogP contribution in [0.1, 0.15) is 41.5 Å². The zero-order chi connectivity index (χ0) is 20.5. The van der Waals surface area contributed by atoms with Crippen LogP contribution in [0.4, 0.5) is 11.4 Å². The van der Waals surface area contributed by atoms with Crippen molar-refractivity contribution in [1.29, 1.82) is 0 Å². The van der Waals surface area contributed by atoms with Crippen LogP contribution >= 0.6 is 0 Å². The summed E-state index contributed by atoms with van der Waals surface area (Å²) >= 11 is 0. The van der Waals surface area contributed by atoms with Crippen LogP contribution in [0.2, 0.25) is 0 Å². The van der Waals surface area contributed by atoms with Crippen molar-refractivity contribution in [3.63, 3.8) is 0 Å². The van der Waals surface area contributed by atoms with E-state index >= 15 is 0 Å². The number of hydrogen-bond acceptors (Lipinski definition) is 3. The van der Waals surface area contributed by atoms with Gasteiger partial charge in [-0.05, 0) is 68.9 Å². The molecule has 1 fully saturated rings. The zero-order valence-corrected chi connectivity index (χ0v) is 17.3. The van der Waals surface area contributed by atoms with Crippen molar-refractivity contribution in [3.05, 3.63) is 58.7 Å². The molecule has 0 aromatic heterocycles. The highest BCUT2D eigenvalue weighted by atomic mass is 16.2. The molecule has 0 saturated heterocycles. The van der Waals surface area contributed by atoms with Gasteiger partial charge >= 0.3 is 0 Å². The van der Waals surface area contributed by atoms with Gasteiger partial charge < -0.3 is 10.2 Å². The Morgan fingerprint density at radius 2 is 1.86 bits per heavy atom. The molecule has 1 N–H and O–H groups in total. The Bertz CT molecular complexity index is 992. The van der Waals surface area contributed by atoms with E-state index in [1.165, 1.54) is 5.56 Å². The normalized spacial score (nSPS) is 18.0. The van der Waals surface area contributed by atoms with E-state index in [0.29, 0.717) is 6.54 Å². The first-order valence-electron chi connectivity index (χ1n) is 10.2. The average molecular weight is 389 g/mol. The van der Waals surface area contributed by atoms with Gasteiger partial charge in [0.15, 0.2) is 0 Å². The van der Waals surface area contributed by atoms with Gasteiger partial charge in [0.25, 0.3) is 0 Å². The molecule has 5 heteroatoms. The van der Waals surface area contributed by atoms with E-state index in [2.05, 4.69) is 5.32 Å². The number of fused-ring (bicyclic) bond motifs is 2. The van der Waals surface area contributed by atoms with Crippen LogP contribution in [0.3, 0.4) is 0 Å². The Kier molecular flexibility index (Phi) is 5.22. The second-order valence-electron chi connectivity index (χ2n) is 8.16. The Balaban J connectivity index is 1.57. The summed E-state index contributed by atoms with van der Waals surface area (Å²) in [5.41, 5.74) is 6.96. The molecule has 2 amide bonds. The summed E-state index contributed by atoms with van der Waals surface area (Å²) in [6.07, 6.45) is 2.64. The minimum Gasteiger partial charge on any atom is -0.350 e. The van der Waals surface area contributed by atoms with Gasteiger partial charge in [0.1, 0.15) is 6.54 Å². The zero-order valence-electron chi connectivity index (χ0n) is 17.3. The van der Waals surface area contributed by atoms with E-state index in [9.17, 15) is 9.59 Å². The maximum atomic E-state index is 13.3. The van der Waals surface area contributed by atoms with E-state index in [1.54, 1.807) is 4.90 Å². The number of rotatable bonds is 4. The minimum atomic E-state index is -0.201. The number of carbonyl (C=O) groups is 2. The van der Waals surface area contributed by atoms with Gasteiger partial charge in [-0.3, -0.25) is 14.6 Å². The summed E-state index contributed by atoms with van der Waals surface area (Å²) in [5.74, 6) is -0.369. The molecule has 1 aliphatic heterocycles. The molecule has 0 spiro atoms. The number of hydrogen-bond donors (Lipinski definition) is 1. The molecule has 5 nitrogen and oxygen atoms in total. The molecule has 2 aromatic rings. The van der Waals surface area contributed by atoms with Crippen molar-refractivity contribution in [2.24, 2.45) is 10.9 Å². The number of carbonyl (C=O) groups excluding carboxylic acids is 2. The number of nitrogens with zero attached hydrogens (tertiary/aromatic N) is 2. The first-order chi connectivity index (χ1) is 13.9. The minimum absolute atomic E-state index is 0.00580. The summed E-state index contributed by atoms with van der Waals surface area (Å²) in [6.45, 7) is 6.57. The summed E-state index contributed by atoms with van der Waals surface area (Å²) < 4.78 is 0. The number of aryl methyl sites for hydroxylation is 3. The lowest BCUT2D eigenvalue weighted by Crippen LogP contribution is -2.43. The number of nitrogens with one attached hydrogen (secondary N) is 1. The van der Waals surface area contributed by atoms with Crippen LogP contribution in [0.5, 0.6) is 0 Å². The number of benzene rings is 2. The predicted octanol–water partition coefficient (Wildman–Crippen LogP) is 4.15. The molecule has 1 heterocycles. The topological polar surface area (TPSA) is 61.8 Å². The molecule has 150 valence electrons. The lowest BCUT2D eigenvalue weighted by atomic mass is 10.0. The third-order valence-corrected chi connectivity index (χ3v) is 5.95. The average Bonchev–Trinajstić information content (AvgIpc) is 3.12. The van der Waals surface area contributed by atoms with E-state index < -0.39 is 0 Å². The molecular weight excluding hydrogens is 362 g/mol. The molecule has 1 saturated carbocycles. The molecule has 1 atom stereocenters. The van der Waals surface area contributed by atoms with Crippen molar-refractivity contribution in [3.8, 4) is 0 Å². The van der Waals surface area contributed by atoms with Crippen molar-refractivity contribution >= 4 is 28.9 Å². The standard InChI is InChI=1S/C24H27N3O2/c1-15-7-9-18(10-8-15)13-25-23(28)14-27-22-12-17(3)16(2)11-21(22)26-20-6-4-5-19(20)24(27)29/h7-12,19H,4-6,13-14H2,1-3H3,(H,25,28). The highest BCUT2D eigenvalue weighted by Gasteiger charge is 2.37. The Morgan fingerprint density at radius 3 is 2.62 bits per heavy atom. The van der Waals surface area contributed by atoms with Crippen LogP contribution in [-0.2, 0) is 16.1 Å². The van der Waals surface area contributed by atoms with Crippen LogP contribution in [0.15, 0.2) is 41.4 Å². The fourth-order valence-corrected chi connectivity index (χ4v) is 4.05. The van der Waals surface area contributed by atoms with Gasteiger partial charge in [-0.2, -0.15) is 0 Å². The summed E-state index contributed by atoms with van der Waals surface area (Å²) in [6, 6.07) is 12.1. The lowest BCUT2D eigenvalue weighted by Gasteiger charge is -2.25. The van der Waals surface area contributed by atoms with E-state index in [4.69, 9.17) is 4.99 Å². The number of amides is 2. The van der Waals surface area contributed by atoms with Crippen LogP contribution < -0.4 is 10.2 Å². The first-order valence-corrected chi connectivity index (χ1v) is 10.2. The van der Waals surface area contributed by atoms with Crippen molar-refractivity contribution < 1.29 is 9.59 Å². The second-order valence-corrected chi connectivity index (χ2v) is 8.16. The number of anilines is 1. The van der Waals surface area contributed by atoms with Gasteiger partial charge in [0, 0.05) is 12.3 Å². The molecule has 2 aromatic carbocycles. The number of aliphatic imine (C=N–C) groups is 1. The Hall–Kier alpha value is -2.95.